The minimum absolute atomic E-state index is 0.0628. The maximum atomic E-state index is 12.0. The average Bonchev–Trinajstić information content (AvgIpc) is 2.96. The van der Waals surface area contributed by atoms with Crippen molar-refractivity contribution in [3.05, 3.63) is 59.0 Å². The molecule has 7 heteroatoms. The first-order valence-electron chi connectivity index (χ1n) is 8.78. The monoisotopic (exact) mass is 415 g/mol. The van der Waals surface area contributed by atoms with Crippen LogP contribution in [-0.4, -0.2) is 42.5 Å². The van der Waals surface area contributed by atoms with Gasteiger partial charge >= 0.3 is 0 Å². The van der Waals surface area contributed by atoms with Gasteiger partial charge in [0.1, 0.15) is 21.6 Å². The van der Waals surface area contributed by atoms with Gasteiger partial charge in [-0.05, 0) is 48.0 Å². The number of likely N-dealkylation sites (N-methyl/N-ethyl adjacent to an activating group) is 1. The van der Waals surface area contributed by atoms with Crippen molar-refractivity contribution in [2.45, 2.75) is 6.42 Å². The molecular weight excluding hydrogens is 394 g/mol. The highest BCUT2D eigenvalue weighted by Crippen LogP contribution is 2.31. The van der Waals surface area contributed by atoms with Crippen LogP contribution in [0, 0.1) is 0 Å². The van der Waals surface area contributed by atoms with E-state index in [0.717, 1.165) is 29.2 Å². The van der Waals surface area contributed by atoms with Gasteiger partial charge in [-0.15, -0.1) is 0 Å². The molecule has 1 heterocycles. The Morgan fingerprint density at radius 3 is 2.00 bits per heavy atom. The molecule has 0 atom stereocenters. The zero-order valence-corrected chi connectivity index (χ0v) is 17.3. The number of nitrogens with zero attached hydrogens (tertiary/aromatic N) is 1. The fraction of sp³-hybridized carbons (Fsp3) is 0.238. The fourth-order valence-corrected chi connectivity index (χ4v) is 3.65. The summed E-state index contributed by atoms with van der Waals surface area (Å²) >= 11 is 6.45. The normalized spacial score (nSPS) is 15.2. The largest absolute Gasteiger partial charge is 0.497 e. The van der Waals surface area contributed by atoms with E-state index in [0.29, 0.717) is 22.4 Å². The Bertz CT molecular complexity index is 863. The number of hydrogen-bond donors (Lipinski definition) is 0. The molecule has 0 N–H and O–H groups in total. The molecule has 146 valence electrons. The second-order valence-electron chi connectivity index (χ2n) is 6.04. The number of benzene rings is 2. The summed E-state index contributed by atoms with van der Waals surface area (Å²) in [6, 6.07) is 15.1. The summed E-state index contributed by atoms with van der Waals surface area (Å²) in [4.78, 5) is 14.2. The molecule has 0 aromatic heterocycles. The minimum atomic E-state index is -0.0628. The predicted octanol–water partition coefficient (Wildman–Crippen LogP) is 4.37. The van der Waals surface area contributed by atoms with Crippen LogP contribution >= 0.6 is 24.0 Å². The van der Waals surface area contributed by atoms with E-state index < -0.39 is 0 Å². The number of carbonyl (C=O) groups is 1. The predicted molar refractivity (Wildman–Crippen MR) is 116 cm³/mol. The van der Waals surface area contributed by atoms with Crippen molar-refractivity contribution in [1.29, 1.82) is 0 Å². The van der Waals surface area contributed by atoms with Crippen LogP contribution in [0.25, 0.3) is 6.08 Å². The third-order valence-corrected chi connectivity index (χ3v) is 5.53. The third-order valence-electron chi connectivity index (χ3n) is 4.05. The van der Waals surface area contributed by atoms with E-state index in [4.69, 9.17) is 26.4 Å². The summed E-state index contributed by atoms with van der Waals surface area (Å²) in [6.45, 7) is 1.13. The molecule has 0 aliphatic carbocycles. The first kappa shape index (κ1) is 20.2. The lowest BCUT2D eigenvalue weighted by Gasteiger charge is -2.09. The lowest BCUT2D eigenvalue weighted by atomic mass is 10.2. The van der Waals surface area contributed by atoms with Crippen molar-refractivity contribution in [3.63, 3.8) is 0 Å². The summed E-state index contributed by atoms with van der Waals surface area (Å²) in [5.74, 6) is 2.33. The van der Waals surface area contributed by atoms with Crippen molar-refractivity contribution < 1.29 is 19.0 Å². The molecule has 2 aromatic rings. The summed E-state index contributed by atoms with van der Waals surface area (Å²) in [5, 5.41) is 0. The molecule has 1 saturated heterocycles. The lowest BCUT2D eigenvalue weighted by Crippen LogP contribution is -2.22. The second-order valence-corrected chi connectivity index (χ2v) is 7.71. The molecule has 0 spiro atoms. The molecule has 1 aliphatic rings. The van der Waals surface area contributed by atoms with Crippen molar-refractivity contribution in [1.82, 2.24) is 4.90 Å². The Morgan fingerprint density at radius 2 is 1.50 bits per heavy atom. The Balaban J connectivity index is 1.42. The summed E-state index contributed by atoms with van der Waals surface area (Å²) in [7, 11) is 3.32. The number of thioether (sulfide) groups is 1. The van der Waals surface area contributed by atoms with Gasteiger partial charge in [-0.1, -0.05) is 36.1 Å². The van der Waals surface area contributed by atoms with Gasteiger partial charge in [0.2, 0.25) is 0 Å². The first-order valence-corrected chi connectivity index (χ1v) is 10.0. The van der Waals surface area contributed by atoms with Crippen molar-refractivity contribution in [2.75, 3.05) is 27.4 Å². The zero-order chi connectivity index (χ0) is 19.9. The molecule has 28 heavy (non-hydrogen) atoms. The number of rotatable bonds is 8. The standard InChI is InChI=1S/C21H21NO4S2/c1-22-20(23)19(28-21(22)27)14-15-4-6-17(7-5-15)25-12-3-13-26-18-10-8-16(24-2)9-11-18/h4-11,14H,3,12-13H2,1-2H3/b19-14-. The molecule has 3 rings (SSSR count). The third kappa shape index (κ3) is 5.27. The number of ether oxygens (including phenoxy) is 3. The van der Waals surface area contributed by atoms with Crippen LogP contribution in [0.1, 0.15) is 12.0 Å². The van der Waals surface area contributed by atoms with Crippen LogP contribution < -0.4 is 14.2 Å². The number of thiocarbonyl (C=S) groups is 1. The van der Waals surface area contributed by atoms with Crippen molar-refractivity contribution >= 4 is 40.3 Å². The van der Waals surface area contributed by atoms with Gasteiger partial charge in [0.05, 0.1) is 25.2 Å². The van der Waals surface area contributed by atoms with Crippen LogP contribution in [0.15, 0.2) is 53.4 Å². The highest BCUT2D eigenvalue weighted by molar-refractivity contribution is 8.26. The van der Waals surface area contributed by atoms with Gasteiger partial charge in [-0.25, -0.2) is 0 Å². The number of hydrogen-bond acceptors (Lipinski definition) is 6. The Labute approximate surface area is 174 Å². The average molecular weight is 416 g/mol. The first-order chi connectivity index (χ1) is 13.6. The van der Waals surface area contributed by atoms with E-state index in [1.54, 1.807) is 14.2 Å². The molecule has 5 nitrogen and oxygen atoms in total. The van der Waals surface area contributed by atoms with E-state index in [1.807, 2.05) is 54.6 Å². The van der Waals surface area contributed by atoms with E-state index >= 15 is 0 Å². The molecule has 2 aromatic carbocycles. The Morgan fingerprint density at radius 1 is 0.964 bits per heavy atom. The van der Waals surface area contributed by atoms with Gasteiger partial charge in [0.15, 0.2) is 0 Å². The number of amides is 1. The zero-order valence-electron chi connectivity index (χ0n) is 15.7. The molecular formula is C21H21NO4S2. The van der Waals surface area contributed by atoms with Crippen molar-refractivity contribution in [2.24, 2.45) is 0 Å². The van der Waals surface area contributed by atoms with E-state index in [-0.39, 0.29) is 5.91 Å². The van der Waals surface area contributed by atoms with E-state index in [2.05, 4.69) is 0 Å². The lowest BCUT2D eigenvalue weighted by molar-refractivity contribution is -0.121. The van der Waals surface area contributed by atoms with Gasteiger partial charge in [0, 0.05) is 13.5 Å². The second kappa shape index (κ2) is 9.61. The fourth-order valence-electron chi connectivity index (χ4n) is 2.47. The van der Waals surface area contributed by atoms with Crippen LogP contribution in [0.4, 0.5) is 0 Å². The summed E-state index contributed by atoms with van der Waals surface area (Å²) in [5.41, 5.74) is 0.934. The maximum absolute atomic E-state index is 12.0. The SMILES string of the molecule is COc1ccc(OCCCOc2ccc(/C=C3\SC(=S)N(C)C3=O)cc2)cc1. The molecule has 1 aliphatic heterocycles. The Kier molecular flexibility index (Phi) is 6.95. The van der Waals surface area contributed by atoms with Gasteiger partial charge in [0.25, 0.3) is 5.91 Å². The minimum Gasteiger partial charge on any atom is -0.497 e. The maximum Gasteiger partial charge on any atom is 0.265 e. The van der Waals surface area contributed by atoms with Gasteiger partial charge in [-0.3, -0.25) is 9.69 Å². The van der Waals surface area contributed by atoms with Crippen LogP contribution in [0.3, 0.4) is 0 Å². The highest BCUT2D eigenvalue weighted by Gasteiger charge is 2.28. The molecule has 1 amide bonds. The van der Waals surface area contributed by atoms with Gasteiger partial charge < -0.3 is 14.2 Å². The topological polar surface area (TPSA) is 48.0 Å². The molecule has 0 radical (unpaired) electrons. The smallest absolute Gasteiger partial charge is 0.265 e. The number of methoxy groups -OCH3 is 1. The van der Waals surface area contributed by atoms with E-state index in [9.17, 15) is 4.79 Å². The van der Waals surface area contributed by atoms with Crippen molar-refractivity contribution in [3.8, 4) is 17.2 Å². The quantitative estimate of drug-likeness (QED) is 0.362. The Hall–Kier alpha value is -2.51. The van der Waals surface area contributed by atoms with E-state index in [1.165, 1.54) is 16.7 Å². The summed E-state index contributed by atoms with van der Waals surface area (Å²) < 4.78 is 17.1. The van der Waals surface area contributed by atoms with Crippen LogP contribution in [0.5, 0.6) is 17.2 Å². The molecule has 0 bridgehead atoms. The van der Waals surface area contributed by atoms with Gasteiger partial charge in [-0.2, -0.15) is 0 Å². The highest BCUT2D eigenvalue weighted by atomic mass is 32.2. The molecule has 0 unspecified atom stereocenters. The molecule has 0 saturated carbocycles. The number of carbonyl (C=O) groups excluding carboxylic acids is 1. The molecule has 1 fully saturated rings. The summed E-state index contributed by atoms with van der Waals surface area (Å²) in [6.07, 6.45) is 2.61. The van der Waals surface area contributed by atoms with Crippen LogP contribution in [0.2, 0.25) is 0 Å². The van der Waals surface area contributed by atoms with Crippen LogP contribution in [-0.2, 0) is 4.79 Å².